The molecule has 0 bridgehead atoms. The zero-order valence-corrected chi connectivity index (χ0v) is 13.3. The third kappa shape index (κ3) is 2.06. The van der Waals surface area contributed by atoms with Crippen LogP contribution in [0.2, 0.25) is 0 Å². The summed E-state index contributed by atoms with van der Waals surface area (Å²) in [5, 5.41) is 4.38. The lowest BCUT2D eigenvalue weighted by Crippen LogP contribution is -2.25. The Hall–Kier alpha value is -3.21. The van der Waals surface area contributed by atoms with Gasteiger partial charge in [0.25, 0.3) is 11.5 Å². The minimum absolute atomic E-state index is 0.244. The van der Waals surface area contributed by atoms with Gasteiger partial charge in [-0.25, -0.2) is 9.67 Å². The van der Waals surface area contributed by atoms with E-state index < -0.39 is 0 Å². The molecule has 1 amide bonds. The van der Waals surface area contributed by atoms with Gasteiger partial charge in [0.2, 0.25) is 0 Å². The highest BCUT2D eigenvalue weighted by Crippen LogP contribution is 2.16. The van der Waals surface area contributed by atoms with Crippen molar-refractivity contribution >= 4 is 11.5 Å². The number of rotatable bonds is 2. The summed E-state index contributed by atoms with van der Waals surface area (Å²) in [4.78, 5) is 29.3. The highest BCUT2D eigenvalue weighted by Gasteiger charge is 2.25. The van der Waals surface area contributed by atoms with E-state index in [1.165, 1.54) is 4.68 Å². The van der Waals surface area contributed by atoms with Crippen molar-refractivity contribution in [3.8, 4) is 5.69 Å². The van der Waals surface area contributed by atoms with Crippen LogP contribution in [0.25, 0.3) is 11.3 Å². The number of nitrogens with zero attached hydrogens (tertiary/aromatic N) is 2. The molecular weight excluding hydrogens is 302 g/mol. The van der Waals surface area contributed by atoms with E-state index in [2.05, 4.69) is 10.1 Å². The largest absolute Gasteiger partial charge is 0.295 e. The van der Waals surface area contributed by atoms with E-state index in [0.717, 1.165) is 11.3 Å². The van der Waals surface area contributed by atoms with Crippen molar-refractivity contribution in [1.29, 1.82) is 0 Å². The number of carbonyl (C=O) groups excluding carboxylic acids is 1. The Morgan fingerprint density at radius 1 is 0.958 bits per heavy atom. The lowest BCUT2D eigenvalue weighted by atomic mass is 10.0. The SMILES string of the molecule is Cc1ccc(-n2[nH]c(C)c(C3=c4ccccc4=NC3=O)c2=O)cc1. The minimum atomic E-state index is -0.369. The van der Waals surface area contributed by atoms with Crippen LogP contribution in [0.15, 0.2) is 58.3 Å². The maximum absolute atomic E-state index is 12.9. The average Bonchev–Trinajstić information content (AvgIpc) is 3.04. The van der Waals surface area contributed by atoms with Crippen molar-refractivity contribution in [3.05, 3.63) is 86.3 Å². The summed E-state index contributed by atoms with van der Waals surface area (Å²) in [7, 11) is 0. The first-order valence-corrected chi connectivity index (χ1v) is 7.67. The van der Waals surface area contributed by atoms with Gasteiger partial charge in [-0.2, -0.15) is 0 Å². The van der Waals surface area contributed by atoms with Gasteiger partial charge in [-0.05, 0) is 32.0 Å². The Kier molecular flexibility index (Phi) is 3.09. The predicted octanol–water partition coefficient (Wildman–Crippen LogP) is 1.14. The van der Waals surface area contributed by atoms with Crippen LogP contribution in [-0.2, 0) is 4.79 Å². The summed E-state index contributed by atoms with van der Waals surface area (Å²) in [6.45, 7) is 3.78. The first-order chi connectivity index (χ1) is 11.6. The molecule has 5 nitrogen and oxygen atoms in total. The zero-order chi connectivity index (χ0) is 16.8. The van der Waals surface area contributed by atoms with Gasteiger partial charge in [-0.3, -0.25) is 14.7 Å². The molecule has 0 saturated heterocycles. The highest BCUT2D eigenvalue weighted by atomic mass is 16.2. The molecule has 1 aliphatic heterocycles. The zero-order valence-electron chi connectivity index (χ0n) is 13.3. The van der Waals surface area contributed by atoms with Gasteiger partial charge in [0, 0.05) is 10.9 Å². The van der Waals surface area contributed by atoms with Crippen LogP contribution in [0.3, 0.4) is 0 Å². The predicted molar refractivity (Wildman–Crippen MR) is 90.6 cm³/mol. The lowest BCUT2D eigenvalue weighted by Gasteiger charge is -2.01. The van der Waals surface area contributed by atoms with Crippen LogP contribution in [0, 0.1) is 13.8 Å². The molecule has 0 fully saturated rings. The molecule has 5 heteroatoms. The van der Waals surface area contributed by atoms with Crippen molar-refractivity contribution < 1.29 is 4.79 Å². The molecule has 3 aromatic rings. The molecule has 118 valence electrons. The fourth-order valence-electron chi connectivity index (χ4n) is 3.02. The second kappa shape index (κ2) is 5.16. The van der Waals surface area contributed by atoms with E-state index in [0.29, 0.717) is 27.4 Å². The second-order valence-electron chi connectivity index (χ2n) is 5.90. The Balaban J connectivity index is 2.00. The van der Waals surface area contributed by atoms with Gasteiger partial charge in [-0.15, -0.1) is 0 Å². The standard InChI is InChI=1S/C19H15N3O2/c1-11-7-9-13(10-8-11)22-19(24)16(12(2)21-22)17-14-5-3-4-6-15(14)20-18(17)23/h3-10,21H,1-2H3. The van der Waals surface area contributed by atoms with Gasteiger partial charge in [0.05, 0.1) is 22.2 Å². The number of nitrogens with one attached hydrogen (secondary N) is 1. The summed E-state index contributed by atoms with van der Waals surface area (Å²) < 4.78 is 1.46. The number of benzene rings is 2. The van der Waals surface area contributed by atoms with Gasteiger partial charge in [0.15, 0.2) is 0 Å². The Bertz CT molecular complexity index is 1150. The van der Waals surface area contributed by atoms with E-state index in [-0.39, 0.29) is 11.5 Å². The summed E-state index contributed by atoms with van der Waals surface area (Å²) in [5.41, 5.74) is 3.01. The third-order valence-electron chi connectivity index (χ3n) is 4.22. The second-order valence-corrected chi connectivity index (χ2v) is 5.90. The van der Waals surface area contributed by atoms with Crippen LogP contribution < -0.4 is 16.1 Å². The number of fused-ring (bicyclic) bond motifs is 1. The minimum Gasteiger partial charge on any atom is -0.295 e. The number of aryl methyl sites for hydroxylation is 2. The van der Waals surface area contributed by atoms with Crippen LogP contribution in [0.5, 0.6) is 0 Å². The number of aromatic amines is 1. The molecule has 0 saturated carbocycles. The molecule has 0 radical (unpaired) electrons. The normalized spacial score (nSPS) is 13.1. The Morgan fingerprint density at radius 2 is 1.67 bits per heavy atom. The Morgan fingerprint density at radius 3 is 2.42 bits per heavy atom. The average molecular weight is 317 g/mol. The van der Waals surface area contributed by atoms with Crippen LogP contribution >= 0.6 is 0 Å². The number of hydrogen-bond donors (Lipinski definition) is 1. The number of carbonyl (C=O) groups is 1. The number of hydrogen-bond acceptors (Lipinski definition) is 2. The van der Waals surface area contributed by atoms with Crippen molar-refractivity contribution in [2.24, 2.45) is 4.99 Å². The van der Waals surface area contributed by atoms with Crippen LogP contribution in [0.1, 0.15) is 16.8 Å². The van der Waals surface area contributed by atoms with E-state index in [1.54, 1.807) is 13.0 Å². The lowest BCUT2D eigenvalue weighted by molar-refractivity contribution is -0.112. The fourth-order valence-corrected chi connectivity index (χ4v) is 3.02. The van der Waals surface area contributed by atoms with E-state index >= 15 is 0 Å². The molecule has 1 aliphatic rings. The molecular formula is C19H15N3O2. The first kappa shape index (κ1) is 14.4. The quantitative estimate of drug-likeness (QED) is 0.770. The number of amides is 1. The fraction of sp³-hybridized carbons (Fsp3) is 0.105. The van der Waals surface area contributed by atoms with Gasteiger partial charge >= 0.3 is 0 Å². The molecule has 2 aromatic carbocycles. The molecule has 0 spiro atoms. The molecule has 0 unspecified atom stereocenters. The number of para-hydroxylation sites is 1. The topological polar surface area (TPSA) is 67.2 Å². The molecule has 0 atom stereocenters. The van der Waals surface area contributed by atoms with E-state index in [1.807, 2.05) is 49.4 Å². The maximum atomic E-state index is 12.9. The molecule has 1 N–H and O–H groups in total. The maximum Gasteiger partial charge on any atom is 0.279 e. The summed E-state index contributed by atoms with van der Waals surface area (Å²) >= 11 is 0. The molecule has 0 aliphatic carbocycles. The van der Waals surface area contributed by atoms with E-state index in [4.69, 9.17) is 0 Å². The molecule has 24 heavy (non-hydrogen) atoms. The third-order valence-corrected chi connectivity index (χ3v) is 4.22. The molecule has 4 rings (SSSR count). The Labute approximate surface area is 137 Å². The van der Waals surface area contributed by atoms with Gasteiger partial charge in [0.1, 0.15) is 0 Å². The molecule has 2 heterocycles. The molecule has 1 aromatic heterocycles. The van der Waals surface area contributed by atoms with Crippen molar-refractivity contribution in [1.82, 2.24) is 9.78 Å². The van der Waals surface area contributed by atoms with E-state index in [9.17, 15) is 9.59 Å². The monoisotopic (exact) mass is 317 g/mol. The summed E-state index contributed by atoms with van der Waals surface area (Å²) in [6.07, 6.45) is 0. The number of H-pyrrole nitrogens is 1. The highest BCUT2D eigenvalue weighted by molar-refractivity contribution is 6.21. The number of aromatic nitrogens is 2. The summed E-state index contributed by atoms with van der Waals surface area (Å²) in [6, 6.07) is 14.9. The van der Waals surface area contributed by atoms with Crippen molar-refractivity contribution in [2.45, 2.75) is 13.8 Å². The van der Waals surface area contributed by atoms with Crippen molar-refractivity contribution in [3.63, 3.8) is 0 Å². The van der Waals surface area contributed by atoms with Gasteiger partial charge < -0.3 is 0 Å². The van der Waals surface area contributed by atoms with Gasteiger partial charge in [-0.1, -0.05) is 35.9 Å². The van der Waals surface area contributed by atoms with Crippen LogP contribution in [-0.4, -0.2) is 15.7 Å². The van der Waals surface area contributed by atoms with Crippen molar-refractivity contribution in [2.75, 3.05) is 0 Å². The van der Waals surface area contributed by atoms with Crippen LogP contribution in [0.4, 0.5) is 0 Å². The summed E-state index contributed by atoms with van der Waals surface area (Å²) in [5.74, 6) is -0.369. The smallest absolute Gasteiger partial charge is 0.279 e. The first-order valence-electron chi connectivity index (χ1n) is 7.67.